The number of aryl methyl sites for hydroxylation is 1. The molecular formula is C17H9BrCl3N5O. The molecule has 0 aliphatic carbocycles. The molecule has 0 radical (unpaired) electrons. The summed E-state index contributed by atoms with van der Waals surface area (Å²) in [7, 11) is 0. The van der Waals surface area contributed by atoms with Crippen LogP contribution in [0.3, 0.4) is 0 Å². The lowest BCUT2D eigenvalue weighted by Gasteiger charge is -2.12. The van der Waals surface area contributed by atoms with E-state index < -0.39 is 5.91 Å². The van der Waals surface area contributed by atoms with E-state index in [2.05, 4.69) is 36.2 Å². The van der Waals surface area contributed by atoms with Crippen molar-refractivity contribution in [2.45, 2.75) is 6.92 Å². The third-order valence-corrected chi connectivity index (χ3v) is 4.63. The molecule has 0 unspecified atom stereocenters. The van der Waals surface area contributed by atoms with Crippen LogP contribution in [0.25, 0.3) is 10.7 Å². The second kappa shape index (κ2) is 7.87. The van der Waals surface area contributed by atoms with Crippen LogP contribution in [0.5, 0.6) is 0 Å². The highest BCUT2D eigenvalue weighted by Gasteiger charge is 2.20. The average Bonchev–Trinajstić information content (AvgIpc) is 2.98. The van der Waals surface area contributed by atoms with Gasteiger partial charge in [0.25, 0.3) is 5.91 Å². The lowest BCUT2D eigenvalue weighted by molar-refractivity contribution is 0.101. The minimum atomic E-state index is -0.490. The molecule has 6 nitrogen and oxygen atoms in total. The molecule has 0 aliphatic rings. The van der Waals surface area contributed by atoms with Crippen LogP contribution >= 0.6 is 50.7 Å². The lowest BCUT2D eigenvalue weighted by Crippen LogP contribution is -2.18. The zero-order valence-corrected chi connectivity index (χ0v) is 17.4. The third-order valence-electron chi connectivity index (χ3n) is 3.54. The van der Waals surface area contributed by atoms with Crippen LogP contribution < -0.4 is 5.32 Å². The molecule has 1 amide bonds. The Labute approximate surface area is 178 Å². The Hall–Kier alpha value is -2.11. The molecule has 0 bridgehead atoms. The SMILES string of the molecule is [C-]#[N+]c1cc(Cl)cc(C)c1NC(=O)c1cc(Br)nn1-c1ncc(Cl)cc1Cl. The van der Waals surface area contributed by atoms with Gasteiger partial charge in [-0.15, -0.1) is 0 Å². The van der Waals surface area contributed by atoms with Crippen molar-refractivity contribution in [3.05, 3.63) is 72.8 Å². The van der Waals surface area contributed by atoms with Crippen molar-refractivity contribution in [3.63, 3.8) is 0 Å². The Morgan fingerprint density at radius 1 is 1.22 bits per heavy atom. The summed E-state index contributed by atoms with van der Waals surface area (Å²) in [5.74, 6) is -0.244. The number of carbonyl (C=O) groups excluding carboxylic acids is 1. The summed E-state index contributed by atoms with van der Waals surface area (Å²) in [6, 6.07) is 6.17. The number of halogens is 4. The van der Waals surface area contributed by atoms with Crippen LogP contribution in [-0.2, 0) is 0 Å². The quantitative estimate of drug-likeness (QED) is 0.456. The fraction of sp³-hybridized carbons (Fsp3) is 0.0588. The number of carbonyl (C=O) groups is 1. The topological polar surface area (TPSA) is 64.2 Å². The smallest absolute Gasteiger partial charge is 0.273 e. The molecule has 1 N–H and O–H groups in total. The molecule has 136 valence electrons. The largest absolute Gasteiger partial charge is 0.330 e. The van der Waals surface area contributed by atoms with Gasteiger partial charge in [0.1, 0.15) is 10.3 Å². The third kappa shape index (κ3) is 4.09. The van der Waals surface area contributed by atoms with Gasteiger partial charge in [0.2, 0.25) is 5.69 Å². The molecule has 3 rings (SSSR count). The number of rotatable bonds is 3. The monoisotopic (exact) mass is 483 g/mol. The van der Waals surface area contributed by atoms with Gasteiger partial charge < -0.3 is 5.32 Å². The lowest BCUT2D eigenvalue weighted by atomic mass is 10.1. The summed E-state index contributed by atoms with van der Waals surface area (Å²) >= 11 is 21.3. The first-order chi connectivity index (χ1) is 12.8. The van der Waals surface area contributed by atoms with Crippen LogP contribution in [0.2, 0.25) is 15.1 Å². The number of anilines is 1. The maximum Gasteiger partial charge on any atom is 0.273 e. The second-order valence-corrected chi connectivity index (χ2v) is 7.50. The predicted octanol–water partition coefficient (Wildman–Crippen LogP) is 6.10. The molecule has 10 heteroatoms. The van der Waals surface area contributed by atoms with Gasteiger partial charge in [-0.3, -0.25) is 4.79 Å². The molecule has 0 spiro atoms. The van der Waals surface area contributed by atoms with Gasteiger partial charge >= 0.3 is 0 Å². The number of benzene rings is 1. The molecule has 0 saturated heterocycles. The van der Waals surface area contributed by atoms with Crippen molar-refractivity contribution in [2.24, 2.45) is 0 Å². The van der Waals surface area contributed by atoms with E-state index >= 15 is 0 Å². The first-order valence-electron chi connectivity index (χ1n) is 7.36. The van der Waals surface area contributed by atoms with E-state index in [1.54, 1.807) is 13.0 Å². The number of hydrogen-bond donors (Lipinski definition) is 1. The summed E-state index contributed by atoms with van der Waals surface area (Å²) in [4.78, 5) is 20.4. The van der Waals surface area contributed by atoms with E-state index in [0.29, 0.717) is 25.9 Å². The Morgan fingerprint density at radius 2 is 1.96 bits per heavy atom. The molecule has 0 aliphatic heterocycles. The average molecular weight is 486 g/mol. The normalized spacial score (nSPS) is 10.5. The Morgan fingerprint density at radius 3 is 2.63 bits per heavy atom. The molecule has 0 atom stereocenters. The van der Waals surface area contributed by atoms with Crippen molar-refractivity contribution in [2.75, 3.05) is 5.32 Å². The van der Waals surface area contributed by atoms with E-state index in [-0.39, 0.29) is 22.2 Å². The van der Waals surface area contributed by atoms with Gasteiger partial charge in [0.05, 0.1) is 16.6 Å². The number of hydrogen-bond acceptors (Lipinski definition) is 3. The van der Waals surface area contributed by atoms with Crippen LogP contribution in [-0.4, -0.2) is 20.7 Å². The van der Waals surface area contributed by atoms with Gasteiger partial charge in [-0.1, -0.05) is 34.8 Å². The van der Waals surface area contributed by atoms with E-state index in [0.717, 1.165) is 0 Å². The predicted molar refractivity (Wildman–Crippen MR) is 109 cm³/mol. The van der Waals surface area contributed by atoms with Crippen molar-refractivity contribution >= 4 is 68.0 Å². The van der Waals surface area contributed by atoms with Gasteiger partial charge in [-0.2, -0.15) is 5.10 Å². The van der Waals surface area contributed by atoms with Crippen LogP contribution in [0, 0.1) is 13.5 Å². The van der Waals surface area contributed by atoms with Gasteiger partial charge in [0.15, 0.2) is 5.82 Å². The molecule has 1 aromatic carbocycles. The number of amides is 1. The van der Waals surface area contributed by atoms with Crippen molar-refractivity contribution in [1.29, 1.82) is 0 Å². The summed E-state index contributed by atoms with van der Waals surface area (Å²) in [5, 5.41) is 7.96. The highest BCUT2D eigenvalue weighted by atomic mass is 79.9. The Bertz CT molecular complexity index is 1110. The van der Waals surface area contributed by atoms with Crippen LogP contribution in [0.15, 0.2) is 35.1 Å². The number of aromatic nitrogens is 3. The van der Waals surface area contributed by atoms with E-state index in [1.165, 1.54) is 29.1 Å². The number of pyridine rings is 1. The fourth-order valence-electron chi connectivity index (χ4n) is 2.39. The second-order valence-electron chi connectivity index (χ2n) is 5.41. The number of nitrogens with zero attached hydrogens (tertiary/aromatic N) is 4. The summed E-state index contributed by atoms with van der Waals surface area (Å²) in [6.07, 6.45) is 1.40. The zero-order chi connectivity index (χ0) is 19.7. The summed E-state index contributed by atoms with van der Waals surface area (Å²) < 4.78 is 1.71. The summed E-state index contributed by atoms with van der Waals surface area (Å²) in [6.45, 7) is 9.06. The molecule has 27 heavy (non-hydrogen) atoms. The van der Waals surface area contributed by atoms with Crippen LogP contribution in [0.1, 0.15) is 16.1 Å². The zero-order valence-electron chi connectivity index (χ0n) is 13.6. The maximum absolute atomic E-state index is 12.9. The molecule has 2 aromatic heterocycles. The Balaban J connectivity index is 2.04. The first-order valence-corrected chi connectivity index (χ1v) is 9.28. The molecule has 3 aromatic rings. The minimum Gasteiger partial charge on any atom is -0.330 e. The highest BCUT2D eigenvalue weighted by Crippen LogP contribution is 2.33. The van der Waals surface area contributed by atoms with Gasteiger partial charge in [0, 0.05) is 23.0 Å². The molecular weight excluding hydrogens is 476 g/mol. The van der Waals surface area contributed by atoms with Crippen molar-refractivity contribution in [3.8, 4) is 5.82 Å². The Kier molecular flexibility index (Phi) is 5.72. The number of nitrogens with one attached hydrogen (secondary N) is 1. The van der Waals surface area contributed by atoms with E-state index in [9.17, 15) is 4.79 Å². The van der Waals surface area contributed by atoms with Gasteiger partial charge in [-0.05, 0) is 46.6 Å². The van der Waals surface area contributed by atoms with Crippen molar-refractivity contribution < 1.29 is 4.79 Å². The van der Waals surface area contributed by atoms with E-state index in [4.69, 9.17) is 41.4 Å². The molecule has 0 saturated carbocycles. The van der Waals surface area contributed by atoms with E-state index in [1.807, 2.05) is 0 Å². The highest BCUT2D eigenvalue weighted by molar-refractivity contribution is 9.10. The summed E-state index contributed by atoms with van der Waals surface area (Å²) in [5.41, 5.74) is 1.44. The minimum absolute atomic E-state index is 0.170. The molecule has 2 heterocycles. The standard InChI is InChI=1S/C17H9BrCl3N5O/c1-8-3-9(19)5-12(22-2)15(8)24-17(27)13-6-14(18)25-26(13)16-11(21)4-10(20)7-23-16/h3-7H,1H3,(H,24,27). The first kappa shape index (κ1) is 19.6. The molecule has 0 fully saturated rings. The maximum atomic E-state index is 12.9. The fourth-order valence-corrected chi connectivity index (χ4v) is 3.50. The van der Waals surface area contributed by atoms with Crippen molar-refractivity contribution in [1.82, 2.24) is 14.8 Å². The van der Waals surface area contributed by atoms with Crippen LogP contribution in [0.4, 0.5) is 11.4 Å². The van der Waals surface area contributed by atoms with Gasteiger partial charge in [-0.25, -0.2) is 14.5 Å².